The van der Waals surface area contributed by atoms with Crippen LogP contribution < -0.4 is 0 Å². The highest BCUT2D eigenvalue weighted by Gasteiger charge is 2.55. The first kappa shape index (κ1) is 20.1. The van der Waals surface area contributed by atoms with Gasteiger partial charge in [0.05, 0.1) is 6.61 Å². The van der Waals surface area contributed by atoms with Crippen LogP contribution in [0.15, 0.2) is 0 Å². The summed E-state index contributed by atoms with van der Waals surface area (Å²) in [6, 6.07) is -1.66. The number of ether oxygens (including phenoxy) is 3. The quantitative estimate of drug-likeness (QED) is 0.541. The van der Waals surface area contributed by atoms with E-state index in [0.717, 1.165) is 0 Å². The van der Waals surface area contributed by atoms with Crippen LogP contribution in [0.2, 0.25) is 0 Å². The molecule has 5 atom stereocenters. The lowest BCUT2D eigenvalue weighted by Crippen LogP contribution is -2.50. The molecule has 0 spiro atoms. The number of aliphatic hydroxyl groups is 1. The number of nitrogens with zero attached hydrogens (tertiary/aromatic N) is 1. The number of esters is 2. The van der Waals surface area contributed by atoms with Gasteiger partial charge in [-0.15, -0.1) is 0 Å². The first-order chi connectivity index (χ1) is 11.7. The fourth-order valence-corrected chi connectivity index (χ4v) is 3.13. The maximum Gasteiger partial charge on any atom is 0.326 e. The number of carbonyl (C=O) groups excluding carboxylic acids is 2. The molecule has 0 aliphatic carbocycles. The molecule has 0 aromatic heterocycles. The first-order valence-corrected chi connectivity index (χ1v) is 8.75. The summed E-state index contributed by atoms with van der Waals surface area (Å²) in [6.45, 7) is 7.11. The topological polar surface area (TPSA) is 88.6 Å². The van der Waals surface area contributed by atoms with E-state index in [1.54, 1.807) is 32.6 Å². The lowest BCUT2D eigenvalue weighted by molar-refractivity contribution is -0.170. The van der Waals surface area contributed by atoms with E-state index in [1.165, 1.54) is 0 Å². The Bertz CT molecular complexity index is 490. The summed E-state index contributed by atoms with van der Waals surface area (Å²) in [5.41, 5.74) is -0.675. The molecule has 2 aliphatic heterocycles. The Morgan fingerprint density at radius 1 is 1.36 bits per heavy atom. The molecular weight excluding hydrogens is 333 g/mol. The molecule has 2 fully saturated rings. The molecular formula is C17H28FNO6. The van der Waals surface area contributed by atoms with Crippen LogP contribution >= 0.6 is 0 Å². The third kappa shape index (κ3) is 5.12. The Balaban J connectivity index is 2.16. The van der Waals surface area contributed by atoms with Crippen molar-refractivity contribution in [3.63, 3.8) is 0 Å². The standard InChI is InChI=1S/C17H28FNO6/c1-5-6-12(18)24-16(22)14-10(8-20)7-11(19(14)13-9-23-13)15(21)25-17(2,3)4/h10-14,20H,5-9H2,1-4H3/t10-,11+,12?,13?,14+/m0/s1. The number of hydrogen-bond acceptors (Lipinski definition) is 7. The Morgan fingerprint density at radius 3 is 2.48 bits per heavy atom. The second-order valence-electron chi connectivity index (χ2n) is 7.54. The van der Waals surface area contributed by atoms with Gasteiger partial charge in [-0.1, -0.05) is 6.92 Å². The number of alkyl halides is 1. The van der Waals surface area contributed by atoms with Crippen LogP contribution in [-0.4, -0.2) is 65.4 Å². The zero-order valence-corrected chi connectivity index (χ0v) is 15.2. The maximum atomic E-state index is 13.7. The molecule has 0 aromatic rings. The number of carbonyl (C=O) groups is 2. The minimum Gasteiger partial charge on any atom is -0.459 e. The number of likely N-dealkylation sites (tertiary alicyclic amines) is 1. The summed E-state index contributed by atoms with van der Waals surface area (Å²) in [7, 11) is 0. The number of epoxide rings is 1. The van der Waals surface area contributed by atoms with E-state index in [9.17, 15) is 19.1 Å². The zero-order chi connectivity index (χ0) is 18.8. The highest BCUT2D eigenvalue weighted by Crippen LogP contribution is 2.37. The number of hydrogen-bond donors (Lipinski definition) is 1. The monoisotopic (exact) mass is 361 g/mol. The molecule has 2 unspecified atom stereocenters. The zero-order valence-electron chi connectivity index (χ0n) is 15.2. The Morgan fingerprint density at radius 2 is 2.00 bits per heavy atom. The van der Waals surface area contributed by atoms with Crippen LogP contribution in [0.4, 0.5) is 4.39 Å². The van der Waals surface area contributed by atoms with Crippen LogP contribution in [-0.2, 0) is 23.8 Å². The molecule has 25 heavy (non-hydrogen) atoms. The molecule has 0 saturated carbocycles. The smallest absolute Gasteiger partial charge is 0.326 e. The molecule has 144 valence electrons. The van der Waals surface area contributed by atoms with Crippen molar-refractivity contribution in [1.29, 1.82) is 0 Å². The average molecular weight is 361 g/mol. The van der Waals surface area contributed by atoms with Crippen LogP contribution in [0.3, 0.4) is 0 Å². The fourth-order valence-electron chi connectivity index (χ4n) is 3.13. The number of aliphatic hydroxyl groups excluding tert-OH is 1. The molecule has 2 aliphatic rings. The van der Waals surface area contributed by atoms with Crippen molar-refractivity contribution in [2.24, 2.45) is 5.92 Å². The summed E-state index contributed by atoms with van der Waals surface area (Å²) < 4.78 is 29.3. The van der Waals surface area contributed by atoms with E-state index >= 15 is 0 Å². The maximum absolute atomic E-state index is 13.7. The lowest BCUT2D eigenvalue weighted by atomic mass is 10.00. The number of halogens is 1. The van der Waals surface area contributed by atoms with Crippen LogP contribution in [0.1, 0.15) is 47.0 Å². The van der Waals surface area contributed by atoms with Gasteiger partial charge in [0.2, 0.25) is 6.36 Å². The largest absolute Gasteiger partial charge is 0.459 e. The van der Waals surface area contributed by atoms with E-state index < -0.39 is 48.1 Å². The second-order valence-corrected chi connectivity index (χ2v) is 7.54. The summed E-state index contributed by atoms with van der Waals surface area (Å²) in [5, 5.41) is 9.65. The average Bonchev–Trinajstić information content (AvgIpc) is 3.24. The highest BCUT2D eigenvalue weighted by molar-refractivity contribution is 5.82. The van der Waals surface area contributed by atoms with E-state index in [4.69, 9.17) is 14.2 Å². The molecule has 0 bridgehead atoms. The van der Waals surface area contributed by atoms with Gasteiger partial charge in [0.25, 0.3) is 0 Å². The fraction of sp³-hybridized carbons (Fsp3) is 0.882. The Kier molecular flexibility index (Phi) is 6.40. The Labute approximate surface area is 147 Å². The third-order valence-electron chi connectivity index (χ3n) is 4.22. The van der Waals surface area contributed by atoms with Gasteiger partial charge in [-0.25, -0.2) is 9.29 Å². The van der Waals surface area contributed by atoms with Gasteiger partial charge in [0, 0.05) is 18.9 Å². The van der Waals surface area contributed by atoms with Crippen molar-refractivity contribution < 1.29 is 33.3 Å². The molecule has 0 amide bonds. The van der Waals surface area contributed by atoms with Crippen molar-refractivity contribution in [3.8, 4) is 0 Å². The SMILES string of the molecule is CCCC(F)OC(=O)[C@H]1[C@H](CO)C[C@H](C(=O)OC(C)(C)C)N1C1CO1. The van der Waals surface area contributed by atoms with Gasteiger partial charge < -0.3 is 19.3 Å². The van der Waals surface area contributed by atoms with Crippen molar-refractivity contribution in [3.05, 3.63) is 0 Å². The summed E-state index contributed by atoms with van der Waals surface area (Å²) in [5.74, 6) is -1.80. The molecule has 2 rings (SSSR count). The van der Waals surface area contributed by atoms with Crippen LogP contribution in [0, 0.1) is 5.92 Å². The summed E-state index contributed by atoms with van der Waals surface area (Å²) in [4.78, 5) is 26.6. The molecule has 2 saturated heterocycles. The lowest BCUT2D eigenvalue weighted by Gasteiger charge is -2.29. The third-order valence-corrected chi connectivity index (χ3v) is 4.22. The van der Waals surface area contributed by atoms with Crippen molar-refractivity contribution in [1.82, 2.24) is 4.90 Å². The predicted octanol–water partition coefficient (Wildman–Crippen LogP) is 1.37. The van der Waals surface area contributed by atoms with E-state index in [1.807, 2.05) is 0 Å². The normalized spacial score (nSPS) is 30.8. The van der Waals surface area contributed by atoms with E-state index in [0.29, 0.717) is 13.0 Å². The molecule has 8 heteroatoms. The minimum absolute atomic E-state index is 0.109. The van der Waals surface area contributed by atoms with Gasteiger partial charge in [-0.05, 0) is 33.6 Å². The molecule has 7 nitrogen and oxygen atoms in total. The van der Waals surface area contributed by atoms with Gasteiger partial charge in [-0.3, -0.25) is 9.59 Å². The second kappa shape index (κ2) is 7.97. The molecule has 2 heterocycles. The van der Waals surface area contributed by atoms with Gasteiger partial charge in [0.1, 0.15) is 23.9 Å². The first-order valence-electron chi connectivity index (χ1n) is 8.75. The Hall–Kier alpha value is -1.25. The van der Waals surface area contributed by atoms with Gasteiger partial charge in [0.15, 0.2) is 0 Å². The summed E-state index contributed by atoms with van der Waals surface area (Å²) >= 11 is 0. The van der Waals surface area contributed by atoms with Crippen molar-refractivity contribution in [2.45, 2.75) is 77.2 Å². The van der Waals surface area contributed by atoms with Crippen LogP contribution in [0.25, 0.3) is 0 Å². The number of rotatable bonds is 7. The van der Waals surface area contributed by atoms with Gasteiger partial charge in [-0.2, -0.15) is 0 Å². The molecule has 0 radical (unpaired) electrons. The van der Waals surface area contributed by atoms with E-state index in [-0.39, 0.29) is 19.4 Å². The van der Waals surface area contributed by atoms with E-state index in [2.05, 4.69) is 0 Å². The predicted molar refractivity (Wildman–Crippen MR) is 86.1 cm³/mol. The van der Waals surface area contributed by atoms with Crippen LogP contribution in [0.5, 0.6) is 0 Å². The van der Waals surface area contributed by atoms with Crippen molar-refractivity contribution in [2.75, 3.05) is 13.2 Å². The minimum atomic E-state index is -1.70. The highest BCUT2D eigenvalue weighted by atomic mass is 19.1. The molecule has 1 N–H and O–H groups in total. The van der Waals surface area contributed by atoms with Gasteiger partial charge >= 0.3 is 11.9 Å². The molecule has 0 aromatic carbocycles. The summed E-state index contributed by atoms with van der Waals surface area (Å²) in [6.07, 6.45) is -1.23. The van der Waals surface area contributed by atoms with Crippen molar-refractivity contribution >= 4 is 11.9 Å².